The van der Waals surface area contributed by atoms with Crippen LogP contribution in [0, 0.1) is 5.82 Å². The minimum atomic E-state index is -0.325. The minimum Gasteiger partial charge on any atom is -0.486 e. The highest BCUT2D eigenvalue weighted by molar-refractivity contribution is 5.80. The molecule has 2 N–H and O–H groups in total. The van der Waals surface area contributed by atoms with Crippen LogP contribution >= 0.6 is 0 Å². The standard InChI is InChI=1S/C14H20FN3O/c1-2-11(10-18-14-16-8-5-9-17-14)19-13-7-4-3-6-12(13)15/h3-4,6-7,11H,2,5,8-10H2,1H3,(H2,16,17,18). The number of hydrogen-bond donors (Lipinski definition) is 2. The van der Waals surface area contributed by atoms with E-state index in [0.29, 0.717) is 12.3 Å². The number of benzene rings is 1. The average Bonchev–Trinajstić information content (AvgIpc) is 2.46. The summed E-state index contributed by atoms with van der Waals surface area (Å²) in [4.78, 5) is 4.33. The Bertz CT molecular complexity index is 436. The molecule has 0 bridgehead atoms. The predicted octanol–water partition coefficient (Wildman–Crippen LogP) is 1.92. The summed E-state index contributed by atoms with van der Waals surface area (Å²) in [5.74, 6) is 0.783. The molecular weight excluding hydrogens is 245 g/mol. The van der Waals surface area contributed by atoms with Crippen LogP contribution in [-0.4, -0.2) is 31.7 Å². The van der Waals surface area contributed by atoms with Crippen LogP contribution in [0.5, 0.6) is 5.75 Å². The van der Waals surface area contributed by atoms with E-state index >= 15 is 0 Å². The summed E-state index contributed by atoms with van der Waals surface area (Å²) in [6.07, 6.45) is 1.78. The molecule has 1 unspecified atom stereocenters. The van der Waals surface area contributed by atoms with Crippen molar-refractivity contribution in [1.29, 1.82) is 0 Å². The van der Waals surface area contributed by atoms with E-state index in [2.05, 4.69) is 15.6 Å². The van der Waals surface area contributed by atoms with Gasteiger partial charge in [-0.3, -0.25) is 4.99 Å². The summed E-state index contributed by atoms with van der Waals surface area (Å²) >= 11 is 0. The van der Waals surface area contributed by atoms with E-state index in [-0.39, 0.29) is 11.9 Å². The van der Waals surface area contributed by atoms with Gasteiger partial charge in [-0.15, -0.1) is 0 Å². The number of rotatable bonds is 5. The van der Waals surface area contributed by atoms with Gasteiger partial charge in [0.1, 0.15) is 6.10 Å². The molecule has 0 saturated carbocycles. The molecule has 0 saturated heterocycles. The van der Waals surface area contributed by atoms with Gasteiger partial charge in [0.2, 0.25) is 0 Å². The van der Waals surface area contributed by atoms with E-state index in [1.54, 1.807) is 18.2 Å². The van der Waals surface area contributed by atoms with Crippen molar-refractivity contribution in [3.05, 3.63) is 30.1 Å². The molecule has 0 fully saturated rings. The van der Waals surface area contributed by atoms with E-state index in [1.165, 1.54) is 6.07 Å². The van der Waals surface area contributed by atoms with Crippen molar-refractivity contribution >= 4 is 5.96 Å². The highest BCUT2D eigenvalue weighted by atomic mass is 19.1. The Morgan fingerprint density at radius 3 is 3.00 bits per heavy atom. The number of aliphatic imine (C=N–C) groups is 1. The lowest BCUT2D eigenvalue weighted by Gasteiger charge is -2.21. The van der Waals surface area contributed by atoms with Crippen LogP contribution in [0.1, 0.15) is 19.8 Å². The Labute approximate surface area is 113 Å². The number of para-hydroxylation sites is 1. The molecule has 104 valence electrons. The van der Waals surface area contributed by atoms with Crippen molar-refractivity contribution < 1.29 is 9.13 Å². The summed E-state index contributed by atoms with van der Waals surface area (Å²) in [6, 6.07) is 6.48. The number of guanidine groups is 1. The second-order valence-corrected chi connectivity index (χ2v) is 4.47. The molecule has 19 heavy (non-hydrogen) atoms. The normalized spacial score (nSPS) is 16.2. The van der Waals surface area contributed by atoms with Gasteiger partial charge in [0, 0.05) is 13.1 Å². The maximum absolute atomic E-state index is 13.5. The first-order valence-corrected chi connectivity index (χ1v) is 6.73. The number of nitrogens with zero attached hydrogens (tertiary/aromatic N) is 1. The molecule has 0 spiro atoms. The summed E-state index contributed by atoms with van der Waals surface area (Å²) in [5.41, 5.74) is 0. The molecule has 1 aromatic rings. The fraction of sp³-hybridized carbons (Fsp3) is 0.500. The zero-order valence-electron chi connectivity index (χ0n) is 11.2. The van der Waals surface area contributed by atoms with Gasteiger partial charge < -0.3 is 15.4 Å². The van der Waals surface area contributed by atoms with Gasteiger partial charge in [0.05, 0.1) is 6.54 Å². The Balaban J connectivity index is 1.86. The number of halogens is 1. The van der Waals surface area contributed by atoms with E-state index in [1.807, 2.05) is 6.92 Å². The lowest BCUT2D eigenvalue weighted by molar-refractivity contribution is 0.191. The van der Waals surface area contributed by atoms with Gasteiger partial charge in [-0.1, -0.05) is 19.1 Å². The fourth-order valence-electron chi connectivity index (χ4n) is 1.85. The second kappa shape index (κ2) is 6.97. The topological polar surface area (TPSA) is 45.7 Å². The maximum atomic E-state index is 13.5. The van der Waals surface area contributed by atoms with Crippen molar-refractivity contribution in [3.8, 4) is 5.75 Å². The van der Waals surface area contributed by atoms with Crippen LogP contribution in [0.15, 0.2) is 29.3 Å². The monoisotopic (exact) mass is 265 g/mol. The third-order valence-electron chi connectivity index (χ3n) is 2.98. The Hall–Kier alpha value is -1.78. The lowest BCUT2D eigenvalue weighted by atomic mass is 10.2. The van der Waals surface area contributed by atoms with E-state index in [9.17, 15) is 4.39 Å². The number of nitrogens with one attached hydrogen (secondary N) is 2. The minimum absolute atomic E-state index is 0.0803. The smallest absolute Gasteiger partial charge is 0.191 e. The van der Waals surface area contributed by atoms with Crippen LogP contribution in [0.2, 0.25) is 0 Å². The van der Waals surface area contributed by atoms with Crippen LogP contribution in [0.3, 0.4) is 0 Å². The van der Waals surface area contributed by atoms with Gasteiger partial charge in [-0.25, -0.2) is 4.39 Å². The third kappa shape index (κ3) is 4.12. The fourth-order valence-corrected chi connectivity index (χ4v) is 1.85. The highest BCUT2D eigenvalue weighted by Gasteiger charge is 2.12. The van der Waals surface area contributed by atoms with E-state index in [4.69, 9.17) is 4.74 Å². The summed E-state index contributed by atoms with van der Waals surface area (Å²) in [5, 5.41) is 6.39. The molecule has 1 heterocycles. The Morgan fingerprint density at radius 2 is 2.32 bits per heavy atom. The van der Waals surface area contributed by atoms with Gasteiger partial charge in [0.25, 0.3) is 0 Å². The molecular formula is C14H20FN3O. The summed E-state index contributed by atoms with van der Waals surface area (Å²) in [6.45, 7) is 4.41. The van der Waals surface area contributed by atoms with Gasteiger partial charge >= 0.3 is 0 Å². The summed E-state index contributed by atoms with van der Waals surface area (Å²) in [7, 11) is 0. The second-order valence-electron chi connectivity index (χ2n) is 4.47. The maximum Gasteiger partial charge on any atom is 0.191 e. The zero-order chi connectivity index (χ0) is 13.5. The molecule has 5 heteroatoms. The molecule has 1 atom stereocenters. The zero-order valence-corrected chi connectivity index (χ0v) is 11.2. The molecule has 4 nitrogen and oxygen atoms in total. The van der Waals surface area contributed by atoms with Gasteiger partial charge in [-0.2, -0.15) is 0 Å². The quantitative estimate of drug-likeness (QED) is 0.855. The molecule has 0 radical (unpaired) electrons. The van der Waals surface area contributed by atoms with Crippen molar-refractivity contribution in [2.75, 3.05) is 19.6 Å². The largest absolute Gasteiger partial charge is 0.486 e. The molecule has 0 aliphatic carbocycles. The molecule has 1 aliphatic rings. The van der Waals surface area contributed by atoms with Crippen LogP contribution in [0.25, 0.3) is 0 Å². The SMILES string of the molecule is CCC(CNC1=NCCCN1)Oc1ccccc1F. The molecule has 1 aliphatic heterocycles. The number of hydrogen-bond acceptors (Lipinski definition) is 4. The van der Waals surface area contributed by atoms with Crippen molar-refractivity contribution in [2.45, 2.75) is 25.9 Å². The molecule has 1 aromatic carbocycles. The van der Waals surface area contributed by atoms with Gasteiger partial charge in [-0.05, 0) is 25.0 Å². The Kier molecular flexibility index (Phi) is 5.01. The Morgan fingerprint density at radius 1 is 1.47 bits per heavy atom. The van der Waals surface area contributed by atoms with Gasteiger partial charge in [0.15, 0.2) is 17.5 Å². The van der Waals surface area contributed by atoms with Crippen LogP contribution in [-0.2, 0) is 0 Å². The molecule has 2 rings (SSSR count). The average molecular weight is 265 g/mol. The molecule has 0 amide bonds. The van der Waals surface area contributed by atoms with Crippen LogP contribution in [0.4, 0.5) is 4.39 Å². The molecule has 0 aromatic heterocycles. The van der Waals surface area contributed by atoms with Crippen molar-refractivity contribution in [3.63, 3.8) is 0 Å². The van der Waals surface area contributed by atoms with Crippen molar-refractivity contribution in [2.24, 2.45) is 4.99 Å². The first-order chi connectivity index (χ1) is 9.29. The first kappa shape index (κ1) is 13.6. The number of ether oxygens (including phenoxy) is 1. The van der Waals surface area contributed by atoms with Crippen molar-refractivity contribution in [1.82, 2.24) is 10.6 Å². The third-order valence-corrected chi connectivity index (χ3v) is 2.98. The van der Waals surface area contributed by atoms with E-state index < -0.39 is 0 Å². The van der Waals surface area contributed by atoms with E-state index in [0.717, 1.165) is 31.9 Å². The highest BCUT2D eigenvalue weighted by Crippen LogP contribution is 2.17. The first-order valence-electron chi connectivity index (χ1n) is 6.73. The van der Waals surface area contributed by atoms with Crippen LogP contribution < -0.4 is 15.4 Å². The summed E-state index contributed by atoms with van der Waals surface area (Å²) < 4.78 is 19.2. The predicted molar refractivity (Wildman–Crippen MR) is 74.0 cm³/mol. The lowest BCUT2D eigenvalue weighted by Crippen LogP contribution is -2.44.